The average molecular weight is 309 g/mol. The first kappa shape index (κ1) is 18.2. The van der Waals surface area contributed by atoms with Crippen LogP contribution in [0.2, 0.25) is 0 Å². The number of nitrogen functional groups attached to an aromatic ring is 2. The van der Waals surface area contributed by atoms with Gasteiger partial charge in [0.15, 0.2) is 0 Å². The number of unbranched alkanes of at least 4 members (excludes halogenated alkanes) is 9. The Balaban J connectivity index is 1.94. The van der Waals surface area contributed by atoms with Gasteiger partial charge in [0, 0.05) is 16.3 Å². The molecule has 2 nitrogen and oxygen atoms in total. The van der Waals surface area contributed by atoms with E-state index >= 15 is 0 Å². The van der Waals surface area contributed by atoms with Crippen LogP contribution in [0, 0.1) is 0 Å². The number of nitrogens with two attached hydrogens (primary N) is 2. The fourth-order valence-electron chi connectivity index (χ4n) is 2.45. The van der Waals surface area contributed by atoms with E-state index in [2.05, 4.69) is 6.92 Å². The predicted molar refractivity (Wildman–Crippen MR) is 97.8 cm³/mol. The van der Waals surface area contributed by atoms with Crippen molar-refractivity contribution in [2.45, 2.75) is 76.0 Å². The highest BCUT2D eigenvalue weighted by atomic mass is 32.2. The Morgan fingerprint density at radius 3 is 2.00 bits per heavy atom. The molecule has 0 spiro atoms. The Bertz CT molecular complexity index is 379. The monoisotopic (exact) mass is 308 g/mol. The van der Waals surface area contributed by atoms with Crippen LogP contribution in [-0.2, 0) is 0 Å². The van der Waals surface area contributed by atoms with Crippen LogP contribution in [0.1, 0.15) is 71.1 Å². The van der Waals surface area contributed by atoms with Crippen LogP contribution in [0.15, 0.2) is 23.1 Å². The molecule has 0 radical (unpaired) electrons. The van der Waals surface area contributed by atoms with E-state index in [1.54, 1.807) is 0 Å². The van der Waals surface area contributed by atoms with Gasteiger partial charge >= 0.3 is 0 Å². The Morgan fingerprint density at radius 2 is 1.38 bits per heavy atom. The lowest BCUT2D eigenvalue weighted by Crippen LogP contribution is -1.92. The van der Waals surface area contributed by atoms with Gasteiger partial charge in [0.1, 0.15) is 0 Å². The highest BCUT2D eigenvalue weighted by Crippen LogP contribution is 2.28. The summed E-state index contributed by atoms with van der Waals surface area (Å²) in [6, 6.07) is 5.74. The minimum atomic E-state index is 0.801. The summed E-state index contributed by atoms with van der Waals surface area (Å²) in [6.07, 6.45) is 13.8. The zero-order valence-electron chi connectivity index (χ0n) is 13.6. The van der Waals surface area contributed by atoms with E-state index in [9.17, 15) is 0 Å². The lowest BCUT2D eigenvalue weighted by Gasteiger charge is -2.06. The molecule has 0 aliphatic carbocycles. The van der Waals surface area contributed by atoms with Crippen molar-refractivity contribution in [3.63, 3.8) is 0 Å². The zero-order chi connectivity index (χ0) is 15.3. The molecule has 0 aromatic heterocycles. The van der Waals surface area contributed by atoms with E-state index in [-0.39, 0.29) is 0 Å². The van der Waals surface area contributed by atoms with Crippen molar-refractivity contribution in [1.82, 2.24) is 0 Å². The Kier molecular flexibility index (Phi) is 10.2. The number of thioether (sulfide) groups is 1. The summed E-state index contributed by atoms with van der Waals surface area (Å²) < 4.78 is 0. The Hall–Kier alpha value is -0.830. The van der Waals surface area contributed by atoms with Crippen molar-refractivity contribution in [2.24, 2.45) is 0 Å². The first-order valence-corrected chi connectivity index (χ1v) is 9.50. The molecule has 0 saturated carbocycles. The molecule has 0 heterocycles. The lowest BCUT2D eigenvalue weighted by molar-refractivity contribution is 0.563. The van der Waals surface area contributed by atoms with Crippen molar-refractivity contribution in [3.05, 3.63) is 18.2 Å². The molecule has 1 aromatic rings. The molecule has 0 unspecified atom stereocenters. The maximum atomic E-state index is 5.94. The van der Waals surface area contributed by atoms with Gasteiger partial charge < -0.3 is 11.5 Å². The third kappa shape index (κ3) is 8.92. The summed E-state index contributed by atoms with van der Waals surface area (Å²) in [5, 5.41) is 0. The van der Waals surface area contributed by atoms with Gasteiger partial charge in [-0.25, -0.2) is 0 Å². The van der Waals surface area contributed by atoms with Gasteiger partial charge in [0.25, 0.3) is 0 Å². The highest BCUT2D eigenvalue weighted by Gasteiger charge is 2.00. The van der Waals surface area contributed by atoms with Crippen LogP contribution in [-0.4, -0.2) is 5.75 Å². The Morgan fingerprint density at radius 1 is 0.810 bits per heavy atom. The molecule has 0 fully saturated rings. The number of hydrogen-bond donors (Lipinski definition) is 2. The second-order valence-corrected chi connectivity index (χ2v) is 6.96. The van der Waals surface area contributed by atoms with E-state index in [1.807, 2.05) is 30.0 Å². The van der Waals surface area contributed by atoms with Gasteiger partial charge in [-0.3, -0.25) is 0 Å². The highest BCUT2D eigenvalue weighted by molar-refractivity contribution is 7.99. The van der Waals surface area contributed by atoms with Gasteiger partial charge in [-0.1, -0.05) is 64.7 Å². The molecule has 120 valence electrons. The quantitative estimate of drug-likeness (QED) is 0.289. The number of anilines is 2. The Labute approximate surface area is 135 Å². The molecule has 1 rings (SSSR count). The van der Waals surface area contributed by atoms with Gasteiger partial charge in [0.05, 0.1) is 0 Å². The fourth-order valence-corrected chi connectivity index (χ4v) is 3.47. The summed E-state index contributed by atoms with van der Waals surface area (Å²) in [6.45, 7) is 2.27. The molecular weight excluding hydrogens is 276 g/mol. The molecule has 4 N–H and O–H groups in total. The van der Waals surface area contributed by atoms with E-state index in [0.29, 0.717) is 0 Å². The molecule has 3 heteroatoms. The van der Waals surface area contributed by atoms with Gasteiger partial charge in [-0.15, -0.1) is 11.8 Å². The minimum absolute atomic E-state index is 0.801. The van der Waals surface area contributed by atoms with E-state index in [4.69, 9.17) is 11.5 Å². The topological polar surface area (TPSA) is 52.0 Å². The molecule has 0 atom stereocenters. The molecule has 21 heavy (non-hydrogen) atoms. The largest absolute Gasteiger partial charge is 0.399 e. The summed E-state index contributed by atoms with van der Waals surface area (Å²) in [7, 11) is 0. The maximum absolute atomic E-state index is 5.94. The molecule has 0 bridgehead atoms. The summed E-state index contributed by atoms with van der Waals surface area (Å²) in [5.41, 5.74) is 13.4. The third-order valence-electron chi connectivity index (χ3n) is 3.79. The zero-order valence-corrected chi connectivity index (χ0v) is 14.4. The van der Waals surface area contributed by atoms with E-state index in [0.717, 1.165) is 22.0 Å². The van der Waals surface area contributed by atoms with Crippen LogP contribution in [0.3, 0.4) is 0 Å². The van der Waals surface area contributed by atoms with E-state index in [1.165, 1.54) is 64.2 Å². The minimum Gasteiger partial charge on any atom is -0.399 e. The van der Waals surface area contributed by atoms with Gasteiger partial charge in [-0.2, -0.15) is 0 Å². The van der Waals surface area contributed by atoms with E-state index < -0.39 is 0 Å². The lowest BCUT2D eigenvalue weighted by atomic mass is 10.1. The van der Waals surface area contributed by atoms with Crippen LogP contribution in [0.4, 0.5) is 11.4 Å². The smallest absolute Gasteiger partial charge is 0.0453 e. The summed E-state index contributed by atoms with van der Waals surface area (Å²) >= 11 is 1.83. The number of rotatable bonds is 12. The molecule has 0 amide bonds. The fraction of sp³-hybridized carbons (Fsp3) is 0.667. The van der Waals surface area contributed by atoms with Crippen LogP contribution in [0.25, 0.3) is 0 Å². The van der Waals surface area contributed by atoms with Gasteiger partial charge in [0.2, 0.25) is 0 Å². The van der Waals surface area contributed by atoms with Crippen molar-refractivity contribution >= 4 is 23.1 Å². The van der Waals surface area contributed by atoms with Crippen molar-refractivity contribution in [1.29, 1.82) is 0 Å². The molecule has 0 aliphatic rings. The predicted octanol–water partition coefficient (Wildman–Crippen LogP) is 5.86. The summed E-state index contributed by atoms with van der Waals surface area (Å²) in [4.78, 5) is 1.13. The van der Waals surface area contributed by atoms with Crippen LogP contribution < -0.4 is 11.5 Å². The maximum Gasteiger partial charge on any atom is 0.0453 e. The average Bonchev–Trinajstić information content (AvgIpc) is 2.48. The third-order valence-corrected chi connectivity index (χ3v) is 4.95. The second-order valence-electron chi connectivity index (χ2n) is 5.83. The number of benzene rings is 1. The molecule has 0 saturated heterocycles. The standard InChI is InChI=1S/C18H32N2S/c1-2-3-4-5-6-7-8-9-10-11-14-21-18-15-16(19)12-13-17(18)20/h12-13,15H,2-11,14,19-20H2,1H3. The van der Waals surface area contributed by atoms with Crippen molar-refractivity contribution < 1.29 is 0 Å². The summed E-state index contributed by atoms with van der Waals surface area (Å²) in [5.74, 6) is 1.14. The van der Waals surface area contributed by atoms with Crippen molar-refractivity contribution in [2.75, 3.05) is 17.2 Å². The van der Waals surface area contributed by atoms with Crippen LogP contribution >= 0.6 is 11.8 Å². The first-order valence-electron chi connectivity index (χ1n) is 8.52. The number of hydrogen-bond acceptors (Lipinski definition) is 3. The molecular formula is C18H32N2S. The molecule has 1 aromatic carbocycles. The SMILES string of the molecule is CCCCCCCCCCCCSc1cc(N)ccc1N. The second kappa shape index (κ2) is 11.8. The van der Waals surface area contributed by atoms with Crippen molar-refractivity contribution in [3.8, 4) is 0 Å². The molecule has 0 aliphatic heterocycles. The van der Waals surface area contributed by atoms with Gasteiger partial charge in [-0.05, 0) is 30.4 Å². The van der Waals surface area contributed by atoms with Crippen LogP contribution in [0.5, 0.6) is 0 Å². The normalized spacial score (nSPS) is 10.9. The first-order chi connectivity index (χ1) is 10.2.